The molecular formula is C86H148N2O13P2+2. The fourth-order valence-corrected chi connectivity index (χ4v) is 11.7. The fourth-order valence-electron chi connectivity index (χ4n) is 10.0. The van der Waals surface area contributed by atoms with Gasteiger partial charge in [0.1, 0.15) is 33.0 Å². The lowest BCUT2D eigenvalue weighted by Crippen LogP contribution is -2.29. The Morgan fingerprint density at radius 2 is 0.718 bits per heavy atom. The van der Waals surface area contributed by atoms with Gasteiger partial charge in [0.25, 0.3) is 0 Å². The van der Waals surface area contributed by atoms with E-state index in [2.05, 4.69) is 160 Å². The van der Waals surface area contributed by atoms with Gasteiger partial charge in [-0.3, -0.25) is 9.59 Å². The van der Waals surface area contributed by atoms with Gasteiger partial charge in [-0.1, -0.05) is 315 Å². The zero-order valence-corrected chi connectivity index (χ0v) is 66.9. The van der Waals surface area contributed by atoms with Crippen LogP contribution in [0.3, 0.4) is 0 Å². The van der Waals surface area contributed by atoms with Crippen LogP contribution in [0.5, 0.6) is 0 Å². The summed E-state index contributed by atoms with van der Waals surface area (Å²) in [6, 6.07) is 0. The number of hydrogen-bond donors (Lipinski definition) is 5. The van der Waals surface area contributed by atoms with Crippen molar-refractivity contribution in [2.45, 2.75) is 310 Å². The van der Waals surface area contributed by atoms with Gasteiger partial charge in [0, 0.05) is 24.0 Å². The molecule has 0 saturated carbocycles. The van der Waals surface area contributed by atoms with Crippen molar-refractivity contribution < 1.29 is 61.6 Å². The van der Waals surface area contributed by atoms with E-state index >= 15 is 0 Å². The van der Waals surface area contributed by atoms with Crippen molar-refractivity contribution in [3.05, 3.63) is 171 Å². The summed E-state index contributed by atoms with van der Waals surface area (Å²) in [4.78, 5) is 44.3. The highest BCUT2D eigenvalue weighted by Gasteiger charge is 2.47. The van der Waals surface area contributed by atoms with Crippen LogP contribution in [0.4, 0.5) is 0 Å². The van der Waals surface area contributed by atoms with Gasteiger partial charge in [-0.2, -0.15) is 13.9 Å². The molecule has 1 heterocycles. The van der Waals surface area contributed by atoms with Crippen molar-refractivity contribution in [1.82, 2.24) is 5.09 Å². The summed E-state index contributed by atoms with van der Waals surface area (Å²) in [6.45, 7) is 10.2. The first-order valence-electron chi connectivity index (χ1n) is 40.1. The van der Waals surface area contributed by atoms with Crippen LogP contribution in [0.2, 0.25) is 0 Å². The maximum atomic E-state index is 12.6. The molecule has 588 valence electrons. The lowest BCUT2D eigenvalue weighted by Gasteiger charge is -2.18. The first-order valence-corrected chi connectivity index (χ1v) is 42.8. The summed E-state index contributed by atoms with van der Waals surface area (Å²) in [5.74, 6) is -0.710. The topological polar surface area (TPSA) is 215 Å². The summed E-state index contributed by atoms with van der Waals surface area (Å²) in [5.41, 5.74) is 4.78. The molecule has 0 amide bonds. The Hall–Kier alpha value is -4.89. The van der Waals surface area contributed by atoms with Crippen molar-refractivity contribution in [3.8, 4) is 0 Å². The van der Waals surface area contributed by atoms with Crippen molar-refractivity contribution in [2.75, 3.05) is 52.7 Å². The van der Waals surface area contributed by atoms with Crippen LogP contribution in [0.25, 0.3) is 0 Å². The molecule has 0 aromatic carbocycles. The van der Waals surface area contributed by atoms with Crippen LogP contribution in [0.1, 0.15) is 297 Å². The Morgan fingerprint density at radius 1 is 0.427 bits per heavy atom. The van der Waals surface area contributed by atoms with Crippen molar-refractivity contribution in [1.29, 1.82) is 0 Å². The number of hydrogen-bond acceptors (Lipinski definition) is 14. The minimum absolute atomic E-state index is 0.00446. The third-order valence-corrected chi connectivity index (χ3v) is 17.9. The molecule has 0 aromatic heterocycles. The Kier molecular flexibility index (Phi) is 83.7. The predicted molar refractivity (Wildman–Crippen MR) is 437 cm³/mol. The fraction of sp³-hybridized carbons (Fsp3) is 0.651. The lowest BCUT2D eigenvalue weighted by molar-refractivity contribution is -0.153. The Morgan fingerprint density at radius 3 is 1.00 bits per heavy atom. The molecule has 6 N–H and O–H groups in total. The van der Waals surface area contributed by atoms with Crippen LogP contribution in [0.15, 0.2) is 171 Å². The molecule has 1 fully saturated rings. The summed E-state index contributed by atoms with van der Waals surface area (Å²) in [6.07, 6.45) is 105. The van der Waals surface area contributed by atoms with E-state index in [0.29, 0.717) is 32.5 Å². The molecule has 17 heteroatoms. The molecule has 1 aliphatic heterocycles. The van der Waals surface area contributed by atoms with Crippen molar-refractivity contribution in [3.63, 3.8) is 0 Å². The first kappa shape index (κ1) is 100. The van der Waals surface area contributed by atoms with Crippen LogP contribution >= 0.6 is 16.3 Å². The molecule has 0 spiro atoms. The Labute approximate surface area is 630 Å². The molecule has 0 aromatic rings. The number of rotatable bonds is 69. The minimum atomic E-state index is -3.09. The quantitative estimate of drug-likeness (QED) is 0.0126. The molecular weight excluding hydrogens is 1330 g/mol. The van der Waals surface area contributed by atoms with Gasteiger partial charge in [0.2, 0.25) is 0 Å². The average Bonchev–Trinajstić information content (AvgIpc) is 1.86. The monoisotopic (exact) mass is 1480 g/mol. The average molecular weight is 1480 g/mol. The maximum absolute atomic E-state index is 12.6. The van der Waals surface area contributed by atoms with Gasteiger partial charge < -0.3 is 29.8 Å². The minimum Gasteiger partial charge on any atom is -0.498 e. The molecule has 0 radical (unpaired) electrons. The highest BCUT2D eigenvalue weighted by Crippen LogP contribution is 2.55. The second kappa shape index (κ2) is 86.0. The molecule has 0 bridgehead atoms. The molecule has 1 saturated heterocycles. The molecule has 1 aliphatic rings. The first-order chi connectivity index (χ1) is 50.6. The third kappa shape index (κ3) is 84.3. The number of aliphatic hydroxyl groups excluding tert-OH is 1. The molecule has 1 rings (SSSR count). The van der Waals surface area contributed by atoms with Crippen LogP contribution in [0, 0.1) is 0 Å². The zero-order chi connectivity index (χ0) is 75.2. The number of carbonyl (C=O) groups excluding carboxylic acids is 2. The van der Waals surface area contributed by atoms with E-state index in [-0.39, 0.29) is 57.8 Å². The second-order valence-corrected chi connectivity index (χ2v) is 28.1. The highest BCUT2D eigenvalue weighted by molar-refractivity contribution is 7.58. The number of allylic oxidation sites excluding steroid dienone is 26. The second-order valence-electron chi connectivity index (χ2n) is 25.5. The van der Waals surface area contributed by atoms with Crippen molar-refractivity contribution in [2.24, 2.45) is 5.73 Å². The number of aliphatic hydroxyl groups is 1. The predicted octanol–water partition coefficient (Wildman–Crippen LogP) is 23.9. The number of esters is 2. The van der Waals surface area contributed by atoms with E-state index in [0.717, 1.165) is 103 Å². The van der Waals surface area contributed by atoms with Crippen LogP contribution in [-0.2, 0) is 46.7 Å². The van der Waals surface area contributed by atoms with E-state index in [1.165, 1.54) is 141 Å². The number of nitrogens with one attached hydrogen (secondary N) is 1. The zero-order valence-electron chi connectivity index (χ0n) is 65.1. The van der Waals surface area contributed by atoms with E-state index in [1.54, 1.807) is 12.5 Å². The largest absolute Gasteiger partial charge is 0.694 e. The van der Waals surface area contributed by atoms with E-state index in [1.807, 2.05) is 30.4 Å². The molecule has 103 heavy (non-hydrogen) atoms. The summed E-state index contributed by atoms with van der Waals surface area (Å²) in [5, 5.41) is 10.6. The summed E-state index contributed by atoms with van der Waals surface area (Å²) >= 11 is 0. The Bertz CT molecular complexity index is 2310. The molecule has 4 atom stereocenters. The SMILES string of the molecule is CC/C=C\C/C=C\C/C=C\C/C=C\C/C=C\C/C=C\CCC(=O)OC(CO/C=C\CCCCCCCCCCCCCC)CO[P+](=O)O.CC/C=C\C/C=C\C/C=C\C/C=C\C/C=C\C/C=C\CCC(=O)OC(CO/C=C\CCCCCCCCCCCCCC)CO[P+]1(O)NCCO1.NCCO. The van der Waals surface area contributed by atoms with Crippen LogP contribution < -0.4 is 10.8 Å². The van der Waals surface area contributed by atoms with E-state index < -0.39 is 28.6 Å². The van der Waals surface area contributed by atoms with Crippen LogP contribution in [-0.4, -0.2) is 91.8 Å². The standard InChI is InChI=1S/C43H73NO6P.C41H67O6P.C2H7NO/c1-3-5-7-9-11-13-15-17-19-20-21-22-23-24-26-28-30-32-34-36-43(45)50-42(41-49-51(46)44-37-39-48-51)40-47-38-35-33-31-29-27-25-18-16-14-12-10-8-6-4-2;1-3-5-7-9-11-13-15-17-19-20-21-22-23-24-26-28-30-32-34-36-41(42)47-40(39-46-48(43)44)38-45-37-35-33-31-29-27-25-18-16-14-12-10-8-6-4-2;3-1-2-4/h5,7,11,13,17,19,21-22,24,26,30,32,35,38,42,44,46H,3-4,6,8-10,12,14-16,18,20,23,25,27-29,31,33-34,36-37,39-41H2,1-2H3;5,7,11,13,17,19,21-22,24,26,30,32,35,37,40H,3-4,6,8-10,12,14-16,18,20,23,25,27-29,31,33-34,36,38-39H2,1-2H3;4H,1-3H2/q+1;;/p+1/b7-5-,13-11-,19-17-,22-21-,26-24-,32-30-,38-35-;7-5-,13-11-,19-17-,22-21-,26-24-,32-30-,37-35-;. The van der Waals surface area contributed by atoms with E-state index in [4.69, 9.17) is 48.3 Å². The number of carbonyl (C=O) groups is 2. The van der Waals surface area contributed by atoms with Crippen molar-refractivity contribution >= 4 is 28.3 Å². The van der Waals surface area contributed by atoms with Gasteiger partial charge in [0.05, 0.1) is 25.7 Å². The molecule has 15 nitrogen and oxygen atoms in total. The lowest BCUT2D eigenvalue weighted by atomic mass is 10.0. The van der Waals surface area contributed by atoms with Gasteiger partial charge in [-0.15, -0.1) is 14.5 Å². The maximum Gasteiger partial charge on any atom is 0.694 e. The number of nitrogens with two attached hydrogens (primary N) is 1. The third-order valence-electron chi connectivity index (χ3n) is 15.8. The highest BCUT2D eigenvalue weighted by atomic mass is 31.2. The van der Waals surface area contributed by atoms with Gasteiger partial charge in [-0.25, -0.2) is 0 Å². The smallest absolute Gasteiger partial charge is 0.498 e. The molecule has 4 unspecified atom stereocenters. The van der Waals surface area contributed by atoms with Gasteiger partial charge in [0.15, 0.2) is 12.2 Å². The summed E-state index contributed by atoms with van der Waals surface area (Å²) in [7, 11) is -5.87. The van der Waals surface area contributed by atoms with Gasteiger partial charge in [-0.05, 0) is 128 Å². The van der Waals surface area contributed by atoms with E-state index in [9.17, 15) is 19.0 Å². The normalized spacial score (nSPS) is 15.3. The molecule has 0 aliphatic carbocycles. The summed E-state index contributed by atoms with van der Waals surface area (Å²) < 4.78 is 49.0. The number of unbranched alkanes of at least 4 members (excludes halogenated alkanes) is 24. The Balaban J connectivity index is 0. The number of ether oxygens (including phenoxy) is 4. The van der Waals surface area contributed by atoms with Gasteiger partial charge >= 0.3 is 28.3 Å².